The summed E-state index contributed by atoms with van der Waals surface area (Å²) in [5.41, 5.74) is -0.564. The normalized spacial score (nSPS) is 23.2. The highest BCUT2D eigenvalue weighted by molar-refractivity contribution is 5.36. The molecule has 108 valence electrons. The molecule has 1 aliphatic rings. The minimum absolute atomic E-state index is 0.170. The lowest BCUT2D eigenvalue weighted by Crippen LogP contribution is -2.25. The predicted octanol–water partition coefficient (Wildman–Crippen LogP) is 4.12. The van der Waals surface area contributed by atoms with Crippen molar-refractivity contribution < 1.29 is 17.6 Å². The number of alkyl halides is 4. The summed E-state index contributed by atoms with van der Waals surface area (Å²) in [6.45, 7) is 3.91. The zero-order chi connectivity index (χ0) is 14.4. The predicted molar refractivity (Wildman–Crippen MR) is 63.8 cm³/mol. The second-order valence-corrected chi connectivity index (χ2v) is 6.02. The van der Waals surface area contributed by atoms with Gasteiger partial charge in [0.15, 0.2) is 0 Å². The van der Waals surface area contributed by atoms with Gasteiger partial charge in [-0.3, -0.25) is 9.07 Å². The van der Waals surface area contributed by atoms with Crippen LogP contribution in [0.3, 0.4) is 0 Å². The Hall–Kier alpha value is -1.07. The van der Waals surface area contributed by atoms with Crippen LogP contribution in [-0.2, 0) is 12.2 Å². The van der Waals surface area contributed by atoms with E-state index in [0.717, 1.165) is 0 Å². The third kappa shape index (κ3) is 2.49. The molecule has 2 rings (SSSR count). The van der Waals surface area contributed by atoms with Crippen LogP contribution in [0.4, 0.5) is 17.6 Å². The Bertz CT molecular complexity index is 462. The highest BCUT2D eigenvalue weighted by atomic mass is 19.3. The van der Waals surface area contributed by atoms with E-state index in [9.17, 15) is 17.6 Å². The zero-order valence-electron chi connectivity index (χ0n) is 11.3. The number of nitrogens with zero attached hydrogens (tertiary/aromatic N) is 2. The first-order valence-corrected chi connectivity index (χ1v) is 6.33. The molecular formula is C13H18F4N2. The third-order valence-corrected chi connectivity index (χ3v) is 3.51. The van der Waals surface area contributed by atoms with Crippen LogP contribution in [0.5, 0.6) is 0 Å². The van der Waals surface area contributed by atoms with Crippen molar-refractivity contribution in [1.82, 2.24) is 9.78 Å². The van der Waals surface area contributed by atoms with E-state index < -0.39 is 25.3 Å². The first-order chi connectivity index (χ1) is 8.81. The minimum atomic E-state index is -2.76. The molecule has 6 heteroatoms. The maximum atomic E-state index is 13.3. The maximum Gasteiger partial charge on any atom is 0.282 e. The number of aromatic nitrogens is 2. The largest absolute Gasteiger partial charge is 0.282 e. The summed E-state index contributed by atoms with van der Waals surface area (Å²) in [6.07, 6.45) is -2.26. The Kier molecular flexibility index (Phi) is 3.62. The Morgan fingerprint density at radius 1 is 1.32 bits per heavy atom. The summed E-state index contributed by atoms with van der Waals surface area (Å²) in [5.74, 6) is -0.573. The smallest absolute Gasteiger partial charge is 0.261 e. The first kappa shape index (κ1) is 14.3. The van der Waals surface area contributed by atoms with Gasteiger partial charge in [-0.15, -0.1) is 0 Å². The number of hydrogen-bond acceptors (Lipinski definition) is 1. The van der Waals surface area contributed by atoms with Crippen molar-refractivity contribution in [3.05, 3.63) is 17.0 Å². The summed E-state index contributed by atoms with van der Waals surface area (Å²) in [6, 6.07) is 0. The Labute approximate surface area is 109 Å². The molecule has 0 N–H and O–H groups in total. The first-order valence-electron chi connectivity index (χ1n) is 6.33. The molecule has 0 aliphatic heterocycles. The fourth-order valence-corrected chi connectivity index (χ4v) is 2.50. The molecule has 2 atom stereocenters. The number of hydrogen-bond donors (Lipinski definition) is 0. The second-order valence-electron chi connectivity index (χ2n) is 6.02. The highest BCUT2D eigenvalue weighted by Gasteiger charge is 2.44. The second kappa shape index (κ2) is 4.80. The third-order valence-electron chi connectivity index (χ3n) is 3.51. The van der Waals surface area contributed by atoms with Gasteiger partial charge in [-0.2, -0.15) is 5.10 Å². The van der Waals surface area contributed by atoms with E-state index >= 15 is 0 Å². The molecular weight excluding hydrogens is 260 g/mol. The molecule has 1 aromatic heterocycles. The quantitative estimate of drug-likeness (QED) is 0.758. The SMILES string of the molecule is CC(C)(C)n1nc(C(F)F)c([C@H]2C[C@H]2CF)c1CF. The van der Waals surface area contributed by atoms with E-state index in [1.54, 1.807) is 20.8 Å². The van der Waals surface area contributed by atoms with E-state index in [0.29, 0.717) is 6.42 Å². The lowest BCUT2D eigenvalue weighted by Gasteiger charge is -2.22. The lowest BCUT2D eigenvalue weighted by atomic mass is 10.0. The molecule has 0 bridgehead atoms. The summed E-state index contributed by atoms with van der Waals surface area (Å²) in [7, 11) is 0. The molecule has 1 fully saturated rings. The van der Waals surface area contributed by atoms with Gasteiger partial charge in [0.1, 0.15) is 12.4 Å². The molecule has 19 heavy (non-hydrogen) atoms. The topological polar surface area (TPSA) is 17.8 Å². The van der Waals surface area contributed by atoms with Crippen molar-refractivity contribution in [1.29, 1.82) is 0 Å². The van der Waals surface area contributed by atoms with Crippen LogP contribution < -0.4 is 0 Å². The van der Waals surface area contributed by atoms with E-state index in [1.807, 2.05) is 0 Å². The Balaban J connectivity index is 2.53. The summed E-state index contributed by atoms with van der Waals surface area (Å²) in [5, 5.41) is 3.89. The van der Waals surface area contributed by atoms with Crippen LogP contribution in [-0.4, -0.2) is 16.5 Å². The molecule has 1 aliphatic carbocycles. The van der Waals surface area contributed by atoms with E-state index in [2.05, 4.69) is 5.10 Å². The van der Waals surface area contributed by atoms with Crippen molar-refractivity contribution in [2.24, 2.45) is 5.92 Å². The van der Waals surface area contributed by atoms with Gasteiger partial charge >= 0.3 is 0 Å². The van der Waals surface area contributed by atoms with E-state index in [-0.39, 0.29) is 28.8 Å². The average molecular weight is 278 g/mol. The fraction of sp³-hybridized carbons (Fsp3) is 0.769. The molecule has 1 saturated carbocycles. The standard InChI is InChI=1S/C13H18F4N2/c1-13(2,3)19-9(6-15)10(8-4-7(8)5-14)11(18-19)12(16)17/h7-8,12H,4-6H2,1-3H3/t7-,8-/m0/s1. The van der Waals surface area contributed by atoms with Gasteiger partial charge in [-0.05, 0) is 39.0 Å². The summed E-state index contributed by atoms with van der Waals surface area (Å²) in [4.78, 5) is 0. The van der Waals surface area contributed by atoms with Gasteiger partial charge in [-0.1, -0.05) is 0 Å². The van der Waals surface area contributed by atoms with Gasteiger partial charge in [0.2, 0.25) is 0 Å². The number of rotatable bonds is 4. The van der Waals surface area contributed by atoms with Crippen LogP contribution in [0.25, 0.3) is 0 Å². The van der Waals surface area contributed by atoms with Gasteiger partial charge < -0.3 is 0 Å². The molecule has 0 spiro atoms. The lowest BCUT2D eigenvalue weighted by molar-refractivity contribution is 0.142. The van der Waals surface area contributed by atoms with E-state index in [1.165, 1.54) is 4.68 Å². The molecule has 0 unspecified atom stereocenters. The molecule has 1 aromatic rings. The molecule has 0 amide bonds. The van der Waals surface area contributed by atoms with Crippen LogP contribution in [0, 0.1) is 5.92 Å². The molecule has 0 saturated heterocycles. The van der Waals surface area contributed by atoms with Gasteiger partial charge in [-0.25, -0.2) is 13.2 Å². The van der Waals surface area contributed by atoms with Crippen molar-refractivity contribution in [3.8, 4) is 0 Å². The average Bonchev–Trinajstić information content (AvgIpc) is 2.97. The van der Waals surface area contributed by atoms with Gasteiger partial charge in [0, 0.05) is 5.56 Å². The van der Waals surface area contributed by atoms with Crippen LogP contribution >= 0.6 is 0 Å². The number of halogens is 4. The van der Waals surface area contributed by atoms with E-state index in [4.69, 9.17) is 0 Å². The summed E-state index contributed by atoms with van der Waals surface area (Å²) >= 11 is 0. The minimum Gasteiger partial charge on any atom is -0.261 e. The van der Waals surface area contributed by atoms with Crippen LogP contribution in [0.2, 0.25) is 0 Å². The maximum absolute atomic E-state index is 13.3. The van der Waals surface area contributed by atoms with Crippen molar-refractivity contribution in [3.63, 3.8) is 0 Å². The summed E-state index contributed by atoms with van der Waals surface area (Å²) < 4.78 is 53.3. The van der Waals surface area contributed by atoms with Gasteiger partial charge in [0.05, 0.1) is 17.9 Å². The van der Waals surface area contributed by atoms with Crippen molar-refractivity contribution in [2.45, 2.75) is 51.7 Å². The molecule has 0 radical (unpaired) electrons. The Morgan fingerprint density at radius 3 is 2.32 bits per heavy atom. The van der Waals surface area contributed by atoms with Crippen molar-refractivity contribution in [2.75, 3.05) is 6.67 Å². The zero-order valence-corrected chi connectivity index (χ0v) is 11.3. The fourth-order valence-electron chi connectivity index (χ4n) is 2.50. The van der Waals surface area contributed by atoms with Gasteiger partial charge in [0.25, 0.3) is 6.43 Å². The molecule has 0 aromatic carbocycles. The molecule has 1 heterocycles. The van der Waals surface area contributed by atoms with Crippen LogP contribution in [0.1, 0.15) is 56.5 Å². The monoisotopic (exact) mass is 278 g/mol. The van der Waals surface area contributed by atoms with Crippen molar-refractivity contribution >= 4 is 0 Å². The van der Waals surface area contributed by atoms with Crippen LogP contribution in [0.15, 0.2) is 0 Å². The molecule has 2 nitrogen and oxygen atoms in total. The Morgan fingerprint density at radius 2 is 1.95 bits per heavy atom. The highest BCUT2D eigenvalue weighted by Crippen LogP contribution is 2.51.